The van der Waals surface area contributed by atoms with Crippen molar-refractivity contribution in [3.63, 3.8) is 0 Å². The Morgan fingerprint density at radius 3 is 2.77 bits per heavy atom. The van der Waals surface area contributed by atoms with Gasteiger partial charge < -0.3 is 20.7 Å². The number of nitrogens with two attached hydrogens (primary N) is 1. The fourth-order valence-electron chi connectivity index (χ4n) is 4.03. The third-order valence-corrected chi connectivity index (χ3v) is 5.64. The van der Waals surface area contributed by atoms with Crippen molar-refractivity contribution in [3.8, 4) is 5.75 Å². The molecule has 1 unspecified atom stereocenters. The molecule has 1 fully saturated rings. The predicted octanol–water partition coefficient (Wildman–Crippen LogP) is 2.04. The fraction of sp³-hybridized carbons (Fsp3) is 0.300. The van der Waals surface area contributed by atoms with Gasteiger partial charge in [0.15, 0.2) is 6.10 Å². The number of amides is 2. The number of hydrogen-bond donors (Lipinski definition) is 2. The van der Waals surface area contributed by atoms with E-state index in [1.165, 1.54) is 5.56 Å². The number of para-hydroxylation sites is 1. The topological polar surface area (TPSA) is 84.7 Å². The van der Waals surface area contributed by atoms with Gasteiger partial charge in [0.2, 0.25) is 5.91 Å². The molecule has 2 heterocycles. The van der Waals surface area contributed by atoms with E-state index in [-0.39, 0.29) is 11.3 Å². The van der Waals surface area contributed by atoms with Crippen molar-refractivity contribution in [2.75, 3.05) is 23.3 Å². The summed E-state index contributed by atoms with van der Waals surface area (Å²) in [5.74, 6) is -0.0858. The third kappa shape index (κ3) is 2.18. The Hall–Kier alpha value is -3.02. The van der Waals surface area contributed by atoms with Crippen LogP contribution >= 0.6 is 0 Å². The monoisotopic (exact) mass is 349 g/mol. The van der Waals surface area contributed by atoms with Gasteiger partial charge in [-0.05, 0) is 42.7 Å². The van der Waals surface area contributed by atoms with E-state index in [9.17, 15) is 9.59 Å². The van der Waals surface area contributed by atoms with Crippen molar-refractivity contribution in [1.82, 2.24) is 0 Å². The number of nitrogens with zero attached hydrogens (tertiary/aromatic N) is 1. The van der Waals surface area contributed by atoms with Gasteiger partial charge in [-0.1, -0.05) is 18.2 Å². The zero-order valence-corrected chi connectivity index (χ0v) is 14.2. The summed E-state index contributed by atoms with van der Waals surface area (Å²) in [6, 6.07) is 13.1. The highest BCUT2D eigenvalue weighted by atomic mass is 16.5. The predicted molar refractivity (Wildman–Crippen MR) is 97.6 cm³/mol. The SMILES string of the molecule is NC(=O)c1ccc2c(c1)OC(C(=O)N1CC3(CC3)c3ccccc31)CN2. The number of primary amides is 1. The Balaban J connectivity index is 1.42. The number of nitrogens with one attached hydrogen (secondary N) is 1. The molecule has 132 valence electrons. The van der Waals surface area contributed by atoms with E-state index in [4.69, 9.17) is 10.5 Å². The second-order valence-electron chi connectivity index (χ2n) is 7.28. The van der Waals surface area contributed by atoms with Crippen molar-refractivity contribution in [2.24, 2.45) is 5.73 Å². The largest absolute Gasteiger partial charge is 0.477 e. The van der Waals surface area contributed by atoms with Gasteiger partial charge in [0.1, 0.15) is 5.75 Å². The molecule has 6 heteroatoms. The van der Waals surface area contributed by atoms with E-state index in [1.54, 1.807) is 18.2 Å². The minimum absolute atomic E-state index is 0.0520. The molecule has 3 N–H and O–H groups in total. The van der Waals surface area contributed by atoms with Crippen LogP contribution in [-0.2, 0) is 10.2 Å². The van der Waals surface area contributed by atoms with Crippen molar-refractivity contribution in [3.05, 3.63) is 53.6 Å². The van der Waals surface area contributed by atoms with E-state index in [1.807, 2.05) is 23.1 Å². The van der Waals surface area contributed by atoms with Crippen LogP contribution in [0, 0.1) is 0 Å². The molecular formula is C20H19N3O3. The Kier molecular flexibility index (Phi) is 3.07. The van der Waals surface area contributed by atoms with E-state index in [0.29, 0.717) is 17.9 Å². The molecule has 0 aromatic heterocycles. The van der Waals surface area contributed by atoms with Gasteiger partial charge in [-0.15, -0.1) is 0 Å². The first-order valence-electron chi connectivity index (χ1n) is 8.83. The number of ether oxygens (including phenoxy) is 1. The summed E-state index contributed by atoms with van der Waals surface area (Å²) in [5, 5.41) is 3.22. The summed E-state index contributed by atoms with van der Waals surface area (Å²) in [6.07, 6.45) is 1.62. The minimum atomic E-state index is -0.632. The summed E-state index contributed by atoms with van der Waals surface area (Å²) in [7, 11) is 0. The first-order chi connectivity index (χ1) is 12.6. The average Bonchev–Trinajstić information content (AvgIpc) is 3.37. The highest BCUT2D eigenvalue weighted by molar-refractivity contribution is 6.00. The first-order valence-corrected chi connectivity index (χ1v) is 8.83. The van der Waals surface area contributed by atoms with Crippen LogP contribution in [-0.4, -0.2) is 31.0 Å². The van der Waals surface area contributed by atoms with Gasteiger partial charge in [-0.2, -0.15) is 0 Å². The number of benzene rings is 2. The van der Waals surface area contributed by atoms with Crippen LogP contribution in [0.5, 0.6) is 5.75 Å². The van der Waals surface area contributed by atoms with Crippen molar-refractivity contribution in [1.29, 1.82) is 0 Å². The maximum absolute atomic E-state index is 13.2. The summed E-state index contributed by atoms with van der Waals surface area (Å²) in [4.78, 5) is 26.4. The molecule has 1 aliphatic carbocycles. The Morgan fingerprint density at radius 2 is 2.00 bits per heavy atom. The van der Waals surface area contributed by atoms with Gasteiger partial charge in [0.05, 0.1) is 12.2 Å². The Morgan fingerprint density at radius 1 is 1.19 bits per heavy atom. The number of hydrogen-bond acceptors (Lipinski definition) is 4. The summed E-state index contributed by atoms with van der Waals surface area (Å²) in [5.41, 5.74) is 8.88. The molecular weight excluding hydrogens is 330 g/mol. The molecule has 2 aromatic carbocycles. The lowest BCUT2D eigenvalue weighted by Crippen LogP contribution is -2.47. The van der Waals surface area contributed by atoms with Crippen LogP contribution < -0.4 is 20.7 Å². The van der Waals surface area contributed by atoms with E-state index >= 15 is 0 Å². The highest BCUT2D eigenvalue weighted by Crippen LogP contribution is 2.56. The lowest BCUT2D eigenvalue weighted by Gasteiger charge is -2.30. The molecule has 2 aliphatic heterocycles. The molecule has 26 heavy (non-hydrogen) atoms. The van der Waals surface area contributed by atoms with Crippen LogP contribution in [0.25, 0.3) is 0 Å². The molecule has 2 amide bonds. The zero-order chi connectivity index (χ0) is 17.9. The molecule has 0 saturated heterocycles. The molecule has 6 nitrogen and oxygen atoms in total. The quantitative estimate of drug-likeness (QED) is 0.869. The van der Waals surface area contributed by atoms with E-state index in [0.717, 1.165) is 30.8 Å². The fourth-order valence-corrected chi connectivity index (χ4v) is 4.03. The molecule has 5 rings (SSSR count). The molecule has 1 saturated carbocycles. The maximum Gasteiger partial charge on any atom is 0.269 e. The summed E-state index contributed by atoms with van der Waals surface area (Å²) in [6.45, 7) is 1.12. The standard InChI is InChI=1S/C20H19N3O3/c21-18(24)12-5-6-14-16(9-12)26-17(10-22-14)19(25)23-11-20(7-8-20)13-3-1-2-4-15(13)23/h1-6,9,17,22H,7-8,10-11H2,(H2,21,24). The van der Waals surface area contributed by atoms with E-state index < -0.39 is 12.0 Å². The number of carbonyl (C=O) groups is 2. The van der Waals surface area contributed by atoms with Gasteiger partial charge in [-0.25, -0.2) is 0 Å². The Bertz CT molecular complexity index is 936. The van der Waals surface area contributed by atoms with Crippen LogP contribution in [0.15, 0.2) is 42.5 Å². The van der Waals surface area contributed by atoms with Crippen LogP contribution in [0.3, 0.4) is 0 Å². The summed E-state index contributed by atoms with van der Waals surface area (Å²) < 4.78 is 5.94. The minimum Gasteiger partial charge on any atom is -0.477 e. The highest BCUT2D eigenvalue weighted by Gasteiger charge is 2.53. The summed E-state index contributed by atoms with van der Waals surface area (Å²) >= 11 is 0. The second kappa shape index (κ2) is 5.24. The van der Waals surface area contributed by atoms with Crippen molar-refractivity contribution < 1.29 is 14.3 Å². The van der Waals surface area contributed by atoms with E-state index in [2.05, 4.69) is 11.4 Å². The molecule has 0 radical (unpaired) electrons. The smallest absolute Gasteiger partial charge is 0.269 e. The van der Waals surface area contributed by atoms with Gasteiger partial charge in [-0.3, -0.25) is 9.59 Å². The van der Waals surface area contributed by atoms with Gasteiger partial charge in [0.25, 0.3) is 5.91 Å². The normalized spacial score (nSPS) is 21.4. The van der Waals surface area contributed by atoms with Crippen molar-refractivity contribution >= 4 is 23.2 Å². The molecule has 1 atom stereocenters. The third-order valence-electron chi connectivity index (χ3n) is 5.64. The van der Waals surface area contributed by atoms with Crippen LogP contribution in [0.1, 0.15) is 28.8 Å². The lowest BCUT2D eigenvalue weighted by molar-refractivity contribution is -0.124. The number of carbonyl (C=O) groups excluding carboxylic acids is 2. The van der Waals surface area contributed by atoms with Gasteiger partial charge in [0, 0.05) is 23.2 Å². The average molecular weight is 349 g/mol. The zero-order valence-electron chi connectivity index (χ0n) is 14.2. The molecule has 3 aliphatic rings. The van der Waals surface area contributed by atoms with Crippen LogP contribution in [0.2, 0.25) is 0 Å². The molecule has 0 bridgehead atoms. The van der Waals surface area contributed by atoms with Crippen molar-refractivity contribution in [2.45, 2.75) is 24.4 Å². The number of fused-ring (bicyclic) bond motifs is 3. The second-order valence-corrected chi connectivity index (χ2v) is 7.28. The molecule has 2 aromatic rings. The Labute approximate surface area is 150 Å². The maximum atomic E-state index is 13.2. The lowest BCUT2D eigenvalue weighted by atomic mass is 9.99. The van der Waals surface area contributed by atoms with Gasteiger partial charge >= 0.3 is 0 Å². The first kappa shape index (κ1) is 15.3. The molecule has 1 spiro atoms. The van der Waals surface area contributed by atoms with Crippen LogP contribution in [0.4, 0.5) is 11.4 Å². The number of anilines is 2. The number of rotatable bonds is 2.